The molecule has 1 atom stereocenters. The SMILES string of the molecule is Cc1ncc(C(=O)N2CCC3(CC2)CN(c2cccc4c2CN(C2CCC(=O)NC2=O)C4=O)C3)[nH]1. The van der Waals surface area contributed by atoms with Crippen LogP contribution in [0, 0.1) is 12.3 Å². The molecule has 0 saturated carbocycles. The molecule has 10 nitrogen and oxygen atoms in total. The maximum atomic E-state index is 13.1. The maximum Gasteiger partial charge on any atom is 0.271 e. The number of aromatic nitrogens is 2. The number of anilines is 1. The lowest BCUT2D eigenvalue weighted by Crippen LogP contribution is -2.61. The number of nitrogens with one attached hydrogen (secondary N) is 2. The van der Waals surface area contributed by atoms with Crippen molar-refractivity contribution in [2.24, 2.45) is 5.41 Å². The lowest BCUT2D eigenvalue weighted by molar-refractivity contribution is -0.136. The minimum Gasteiger partial charge on any atom is -0.370 e. The van der Waals surface area contributed by atoms with Gasteiger partial charge in [0.25, 0.3) is 11.8 Å². The summed E-state index contributed by atoms with van der Waals surface area (Å²) in [5, 5.41) is 2.36. The first-order valence-electron chi connectivity index (χ1n) is 12.2. The number of fused-ring (bicyclic) bond motifs is 1. The minimum atomic E-state index is -0.608. The van der Waals surface area contributed by atoms with Crippen LogP contribution in [-0.2, 0) is 16.1 Å². The van der Waals surface area contributed by atoms with Crippen molar-refractivity contribution < 1.29 is 19.2 Å². The molecular weight excluding hydrogens is 448 g/mol. The maximum absolute atomic E-state index is 13.1. The monoisotopic (exact) mass is 476 g/mol. The van der Waals surface area contributed by atoms with Gasteiger partial charge in [0.2, 0.25) is 11.8 Å². The number of imide groups is 1. The Morgan fingerprint density at radius 2 is 1.91 bits per heavy atom. The fourth-order valence-electron chi connectivity index (χ4n) is 6.00. The number of rotatable bonds is 3. The summed E-state index contributed by atoms with van der Waals surface area (Å²) in [6, 6.07) is 5.16. The molecule has 2 aromatic rings. The van der Waals surface area contributed by atoms with Gasteiger partial charge in [0, 0.05) is 61.4 Å². The highest BCUT2D eigenvalue weighted by Gasteiger charge is 2.47. The second-order valence-electron chi connectivity index (χ2n) is 10.2. The number of carbonyl (C=O) groups is 4. The lowest BCUT2D eigenvalue weighted by Gasteiger charge is -2.55. The van der Waals surface area contributed by atoms with Crippen molar-refractivity contribution in [3.05, 3.63) is 47.0 Å². The highest BCUT2D eigenvalue weighted by molar-refractivity contribution is 6.06. The molecule has 1 unspecified atom stereocenters. The van der Waals surface area contributed by atoms with E-state index < -0.39 is 11.9 Å². The van der Waals surface area contributed by atoms with E-state index in [9.17, 15) is 19.2 Å². The van der Waals surface area contributed by atoms with Crippen molar-refractivity contribution in [1.29, 1.82) is 0 Å². The van der Waals surface area contributed by atoms with Crippen LogP contribution in [0.15, 0.2) is 24.4 Å². The quantitative estimate of drug-likeness (QED) is 0.643. The number of piperidine rings is 2. The molecule has 182 valence electrons. The van der Waals surface area contributed by atoms with Crippen LogP contribution in [0.1, 0.15) is 57.9 Å². The average Bonchev–Trinajstić information content (AvgIpc) is 3.41. The van der Waals surface area contributed by atoms with Crippen LogP contribution in [0.25, 0.3) is 0 Å². The number of hydrogen-bond acceptors (Lipinski definition) is 6. The van der Waals surface area contributed by atoms with E-state index in [4.69, 9.17) is 0 Å². The van der Waals surface area contributed by atoms with E-state index in [1.54, 1.807) is 11.1 Å². The number of aromatic amines is 1. The van der Waals surface area contributed by atoms with Crippen molar-refractivity contribution in [1.82, 2.24) is 25.1 Å². The van der Waals surface area contributed by atoms with Gasteiger partial charge in [0.1, 0.15) is 17.6 Å². The van der Waals surface area contributed by atoms with Crippen LogP contribution >= 0.6 is 0 Å². The van der Waals surface area contributed by atoms with E-state index in [1.165, 1.54) is 0 Å². The Morgan fingerprint density at radius 3 is 2.60 bits per heavy atom. The number of benzene rings is 1. The summed E-state index contributed by atoms with van der Waals surface area (Å²) in [5.74, 6) is -0.0774. The first-order chi connectivity index (χ1) is 16.8. The van der Waals surface area contributed by atoms with Crippen molar-refractivity contribution in [2.75, 3.05) is 31.1 Å². The van der Waals surface area contributed by atoms with Gasteiger partial charge in [-0.15, -0.1) is 0 Å². The van der Waals surface area contributed by atoms with Gasteiger partial charge in [-0.2, -0.15) is 0 Å². The highest BCUT2D eigenvalue weighted by Crippen LogP contribution is 2.45. The first-order valence-corrected chi connectivity index (χ1v) is 12.2. The Labute approximate surface area is 202 Å². The number of H-pyrrole nitrogens is 1. The second-order valence-corrected chi connectivity index (χ2v) is 10.2. The van der Waals surface area contributed by atoms with Crippen molar-refractivity contribution >= 4 is 29.3 Å². The van der Waals surface area contributed by atoms with Crippen LogP contribution < -0.4 is 10.2 Å². The summed E-state index contributed by atoms with van der Waals surface area (Å²) in [6.07, 6.45) is 4.09. The van der Waals surface area contributed by atoms with Gasteiger partial charge < -0.3 is 19.7 Å². The molecule has 1 aromatic carbocycles. The zero-order valence-corrected chi connectivity index (χ0v) is 19.7. The van der Waals surface area contributed by atoms with Gasteiger partial charge in [-0.25, -0.2) is 4.98 Å². The Kier molecular flexibility index (Phi) is 4.94. The van der Waals surface area contributed by atoms with Gasteiger partial charge in [0.15, 0.2) is 0 Å². The van der Waals surface area contributed by atoms with Gasteiger partial charge in [-0.1, -0.05) is 6.07 Å². The fraction of sp³-hybridized carbons (Fsp3) is 0.480. The lowest BCUT2D eigenvalue weighted by atomic mass is 9.71. The minimum absolute atomic E-state index is 0.00422. The molecule has 4 amide bonds. The average molecular weight is 477 g/mol. The van der Waals surface area contributed by atoms with Crippen LogP contribution in [0.2, 0.25) is 0 Å². The molecule has 0 bridgehead atoms. The summed E-state index contributed by atoms with van der Waals surface area (Å²) < 4.78 is 0. The third kappa shape index (κ3) is 3.59. The standard InChI is InChI=1S/C25H28N6O4/c1-15-26-11-18(27-15)24(35)29-9-7-25(8-10-29)13-30(14-25)19-4-2-3-16-17(19)12-31(23(16)34)20-5-6-21(32)28-22(20)33/h2-4,11,20H,5-10,12-14H2,1H3,(H,26,27)(H,28,32,33). The Hall–Kier alpha value is -3.69. The molecule has 3 saturated heterocycles. The molecule has 10 heteroatoms. The molecule has 0 aliphatic carbocycles. The van der Waals surface area contributed by atoms with Crippen LogP contribution in [0.4, 0.5) is 5.69 Å². The molecule has 6 rings (SSSR count). The topological polar surface area (TPSA) is 119 Å². The van der Waals surface area contributed by atoms with E-state index in [2.05, 4.69) is 20.2 Å². The Bertz CT molecular complexity index is 1240. The Balaban J connectivity index is 1.12. The fourth-order valence-corrected chi connectivity index (χ4v) is 6.00. The van der Waals surface area contributed by atoms with Crippen molar-refractivity contribution in [3.8, 4) is 0 Å². The number of aryl methyl sites for hydroxylation is 1. The van der Waals surface area contributed by atoms with Gasteiger partial charge >= 0.3 is 0 Å². The van der Waals surface area contributed by atoms with Crippen molar-refractivity contribution in [2.45, 2.75) is 45.2 Å². The van der Waals surface area contributed by atoms with Crippen LogP contribution in [-0.4, -0.2) is 75.6 Å². The molecule has 4 aliphatic heterocycles. The normalized spacial score (nSPS) is 23.4. The number of carbonyl (C=O) groups excluding carboxylic acids is 4. The first kappa shape index (κ1) is 21.8. The number of hydrogen-bond donors (Lipinski definition) is 2. The predicted molar refractivity (Wildman–Crippen MR) is 126 cm³/mol. The highest BCUT2D eigenvalue weighted by atomic mass is 16.2. The molecule has 5 heterocycles. The summed E-state index contributed by atoms with van der Waals surface area (Å²) in [7, 11) is 0. The predicted octanol–water partition coefficient (Wildman–Crippen LogP) is 1.22. The molecule has 0 radical (unpaired) electrons. The van der Waals surface area contributed by atoms with E-state index >= 15 is 0 Å². The zero-order valence-electron chi connectivity index (χ0n) is 19.7. The molecule has 4 aliphatic rings. The molecule has 1 aromatic heterocycles. The Morgan fingerprint density at radius 1 is 1.14 bits per heavy atom. The summed E-state index contributed by atoms with van der Waals surface area (Å²) in [5.41, 5.74) is 3.36. The molecule has 2 N–H and O–H groups in total. The van der Waals surface area contributed by atoms with E-state index in [0.717, 1.165) is 56.1 Å². The van der Waals surface area contributed by atoms with Gasteiger partial charge in [-0.3, -0.25) is 24.5 Å². The third-order valence-electron chi connectivity index (χ3n) is 8.00. The number of nitrogens with zero attached hydrogens (tertiary/aromatic N) is 4. The number of imidazole rings is 1. The molecule has 35 heavy (non-hydrogen) atoms. The van der Waals surface area contributed by atoms with Crippen molar-refractivity contribution in [3.63, 3.8) is 0 Å². The van der Waals surface area contributed by atoms with Crippen LogP contribution in [0.5, 0.6) is 0 Å². The number of amides is 4. The largest absolute Gasteiger partial charge is 0.370 e. The van der Waals surface area contributed by atoms with E-state index in [-0.39, 0.29) is 29.6 Å². The van der Waals surface area contributed by atoms with Gasteiger partial charge in [-0.05, 0) is 38.3 Å². The molecular formula is C25H28N6O4. The van der Waals surface area contributed by atoms with E-state index in [0.29, 0.717) is 24.2 Å². The van der Waals surface area contributed by atoms with Crippen LogP contribution in [0.3, 0.4) is 0 Å². The smallest absolute Gasteiger partial charge is 0.271 e. The summed E-state index contributed by atoms with van der Waals surface area (Å²) >= 11 is 0. The summed E-state index contributed by atoms with van der Waals surface area (Å²) in [4.78, 5) is 62.7. The third-order valence-corrected chi connectivity index (χ3v) is 8.00. The van der Waals surface area contributed by atoms with Gasteiger partial charge in [0.05, 0.1) is 6.20 Å². The number of likely N-dealkylation sites (tertiary alicyclic amines) is 1. The van der Waals surface area contributed by atoms with E-state index in [1.807, 2.05) is 30.0 Å². The molecule has 1 spiro atoms. The zero-order chi connectivity index (χ0) is 24.3. The summed E-state index contributed by atoms with van der Waals surface area (Å²) in [6.45, 7) is 5.44. The second kappa shape index (κ2) is 7.93. The molecule has 3 fully saturated rings.